The lowest BCUT2D eigenvalue weighted by Gasteiger charge is -2.25. The Morgan fingerprint density at radius 2 is 1.79 bits per heavy atom. The van der Waals surface area contributed by atoms with Crippen LogP contribution in [0.5, 0.6) is 11.5 Å². The van der Waals surface area contributed by atoms with Gasteiger partial charge in [0.25, 0.3) is 0 Å². The molecule has 142 valence electrons. The lowest BCUT2D eigenvalue weighted by Crippen LogP contribution is -2.22. The van der Waals surface area contributed by atoms with Gasteiger partial charge in [-0.2, -0.15) is 0 Å². The predicted octanol–water partition coefficient (Wildman–Crippen LogP) is 4.00. The lowest BCUT2D eigenvalue weighted by atomic mass is 9.85. The first-order valence-corrected chi connectivity index (χ1v) is 9.11. The Bertz CT molecular complexity index is 1300. The number of phenols is 1. The van der Waals surface area contributed by atoms with E-state index in [1.807, 2.05) is 30.3 Å². The average Bonchev–Trinajstić information content (AvgIpc) is 2.74. The number of hydrogen-bond acceptors (Lipinski definition) is 6. The van der Waals surface area contributed by atoms with Crippen molar-refractivity contribution in [2.75, 3.05) is 0 Å². The molecule has 29 heavy (non-hydrogen) atoms. The number of carbonyl (C=O) groups is 1. The molecule has 0 radical (unpaired) electrons. The van der Waals surface area contributed by atoms with Crippen molar-refractivity contribution >= 4 is 16.9 Å². The third-order valence-corrected chi connectivity index (χ3v) is 5.16. The van der Waals surface area contributed by atoms with Gasteiger partial charge in [-0.1, -0.05) is 30.3 Å². The van der Waals surface area contributed by atoms with E-state index >= 15 is 0 Å². The number of ether oxygens (including phenoxy) is 1. The zero-order valence-electron chi connectivity index (χ0n) is 15.2. The summed E-state index contributed by atoms with van der Waals surface area (Å²) in [5.41, 5.74) is 2.33. The van der Waals surface area contributed by atoms with E-state index in [-0.39, 0.29) is 40.2 Å². The van der Waals surface area contributed by atoms with Gasteiger partial charge in [0.15, 0.2) is 0 Å². The maximum absolute atomic E-state index is 13.2. The SMILES string of the molecule is O=C1C[C@@H](c2ccncc2)c2c(cc(O)c3c(=O)c(-c4ccccc4)coc23)O1. The van der Waals surface area contributed by atoms with Crippen LogP contribution in [-0.2, 0) is 4.79 Å². The first kappa shape index (κ1) is 17.2. The molecule has 6 heteroatoms. The number of esters is 1. The highest BCUT2D eigenvalue weighted by molar-refractivity contribution is 5.94. The molecular formula is C23H15NO5. The maximum Gasteiger partial charge on any atom is 0.312 e. The zero-order chi connectivity index (χ0) is 20.0. The standard InChI is InChI=1S/C23H15NO5/c25-17-11-18-20(15(10-19(26)29-18)14-6-8-24-9-7-14)23-21(17)22(27)16(12-28-23)13-4-2-1-3-5-13/h1-9,11-12,15,25H,10H2/t15-/m0/s1. The molecule has 0 aliphatic carbocycles. The van der Waals surface area contributed by atoms with Crippen LogP contribution in [0.3, 0.4) is 0 Å². The number of aromatic nitrogens is 1. The van der Waals surface area contributed by atoms with E-state index in [0.717, 1.165) is 5.56 Å². The molecule has 3 heterocycles. The molecule has 6 nitrogen and oxygen atoms in total. The van der Waals surface area contributed by atoms with Gasteiger partial charge < -0.3 is 14.3 Å². The summed E-state index contributed by atoms with van der Waals surface area (Å²) in [5, 5.41) is 10.6. The number of nitrogens with zero attached hydrogens (tertiary/aromatic N) is 1. The number of carbonyl (C=O) groups excluding carboxylic acids is 1. The van der Waals surface area contributed by atoms with Crippen LogP contribution in [0.15, 0.2) is 76.4 Å². The van der Waals surface area contributed by atoms with Crippen molar-refractivity contribution in [2.24, 2.45) is 0 Å². The van der Waals surface area contributed by atoms with E-state index < -0.39 is 5.97 Å². The summed E-state index contributed by atoms with van der Waals surface area (Å²) < 4.78 is 11.2. The number of fused-ring (bicyclic) bond motifs is 3. The minimum atomic E-state index is -0.415. The van der Waals surface area contributed by atoms with Crippen LogP contribution in [0.2, 0.25) is 0 Å². The Kier molecular flexibility index (Phi) is 3.91. The molecule has 1 atom stereocenters. The van der Waals surface area contributed by atoms with Gasteiger partial charge in [0.1, 0.15) is 28.7 Å². The number of benzene rings is 2. The predicted molar refractivity (Wildman–Crippen MR) is 106 cm³/mol. The monoisotopic (exact) mass is 385 g/mol. The summed E-state index contributed by atoms with van der Waals surface area (Å²) in [5.74, 6) is -0.874. The molecule has 2 aromatic carbocycles. The van der Waals surface area contributed by atoms with Gasteiger partial charge in [-0.25, -0.2) is 0 Å². The molecule has 1 aliphatic heterocycles. The largest absolute Gasteiger partial charge is 0.507 e. The fourth-order valence-corrected chi connectivity index (χ4v) is 3.83. The Morgan fingerprint density at radius 3 is 2.55 bits per heavy atom. The van der Waals surface area contributed by atoms with Gasteiger partial charge in [-0.15, -0.1) is 0 Å². The zero-order valence-corrected chi connectivity index (χ0v) is 15.2. The van der Waals surface area contributed by atoms with Crippen LogP contribution in [0.25, 0.3) is 22.1 Å². The van der Waals surface area contributed by atoms with Gasteiger partial charge in [0.05, 0.1) is 12.0 Å². The molecule has 4 aromatic rings. The van der Waals surface area contributed by atoms with Crippen LogP contribution in [0, 0.1) is 0 Å². The van der Waals surface area contributed by atoms with E-state index in [0.29, 0.717) is 16.7 Å². The second-order valence-corrected chi connectivity index (χ2v) is 6.87. The quantitative estimate of drug-likeness (QED) is 0.414. The Balaban J connectivity index is 1.81. The summed E-state index contributed by atoms with van der Waals surface area (Å²) in [6.45, 7) is 0. The molecule has 5 rings (SSSR count). The van der Waals surface area contributed by atoms with Crippen LogP contribution in [0.1, 0.15) is 23.5 Å². The van der Waals surface area contributed by atoms with Crippen molar-refractivity contribution in [1.82, 2.24) is 4.98 Å². The summed E-state index contributed by atoms with van der Waals surface area (Å²) in [6.07, 6.45) is 4.77. The summed E-state index contributed by atoms with van der Waals surface area (Å²) in [6, 6.07) is 14.0. The molecule has 0 spiro atoms. The van der Waals surface area contributed by atoms with Crippen molar-refractivity contribution in [3.63, 3.8) is 0 Å². The fraction of sp³-hybridized carbons (Fsp3) is 0.0870. The van der Waals surface area contributed by atoms with Crippen LogP contribution < -0.4 is 10.2 Å². The molecule has 0 fully saturated rings. The third kappa shape index (κ3) is 2.77. The van der Waals surface area contributed by atoms with E-state index in [1.165, 1.54) is 12.3 Å². The minimum Gasteiger partial charge on any atom is -0.507 e. The van der Waals surface area contributed by atoms with Crippen LogP contribution in [0.4, 0.5) is 0 Å². The number of aromatic hydroxyl groups is 1. The number of hydrogen-bond donors (Lipinski definition) is 1. The Labute approximate surface area is 165 Å². The summed E-state index contributed by atoms with van der Waals surface area (Å²) >= 11 is 0. The maximum atomic E-state index is 13.2. The molecule has 1 aliphatic rings. The van der Waals surface area contributed by atoms with Gasteiger partial charge in [-0.3, -0.25) is 14.6 Å². The molecule has 1 N–H and O–H groups in total. The number of phenolic OH excluding ortho intramolecular Hbond substituents is 1. The van der Waals surface area contributed by atoms with Crippen molar-refractivity contribution in [3.8, 4) is 22.6 Å². The molecular weight excluding hydrogens is 370 g/mol. The van der Waals surface area contributed by atoms with Gasteiger partial charge in [-0.05, 0) is 23.3 Å². The van der Waals surface area contributed by atoms with Crippen LogP contribution >= 0.6 is 0 Å². The minimum absolute atomic E-state index is 0.0714. The normalized spacial score (nSPS) is 15.7. The molecule has 2 aromatic heterocycles. The van der Waals surface area contributed by atoms with Crippen molar-refractivity contribution < 1.29 is 19.1 Å². The van der Waals surface area contributed by atoms with Gasteiger partial charge >= 0.3 is 5.97 Å². The van der Waals surface area contributed by atoms with Gasteiger partial charge in [0, 0.05) is 29.9 Å². The highest BCUT2D eigenvalue weighted by Crippen LogP contribution is 2.45. The Morgan fingerprint density at radius 1 is 1.03 bits per heavy atom. The highest BCUT2D eigenvalue weighted by Gasteiger charge is 2.33. The second kappa shape index (κ2) is 6.60. The number of pyridine rings is 1. The third-order valence-electron chi connectivity index (χ3n) is 5.16. The Hall–Kier alpha value is -3.93. The molecule has 0 unspecified atom stereocenters. The summed E-state index contributed by atoms with van der Waals surface area (Å²) in [4.78, 5) is 29.4. The van der Waals surface area contributed by atoms with Crippen molar-refractivity contribution in [1.29, 1.82) is 0 Å². The van der Waals surface area contributed by atoms with E-state index in [9.17, 15) is 14.7 Å². The van der Waals surface area contributed by atoms with E-state index in [2.05, 4.69) is 4.98 Å². The molecule has 0 saturated carbocycles. The molecule has 0 saturated heterocycles. The summed E-state index contributed by atoms with van der Waals surface area (Å²) in [7, 11) is 0. The average molecular weight is 385 g/mol. The first-order chi connectivity index (χ1) is 14.1. The smallest absolute Gasteiger partial charge is 0.312 e. The fourth-order valence-electron chi connectivity index (χ4n) is 3.83. The van der Waals surface area contributed by atoms with E-state index in [4.69, 9.17) is 9.15 Å². The number of rotatable bonds is 2. The van der Waals surface area contributed by atoms with Gasteiger partial charge in [0.2, 0.25) is 5.43 Å². The first-order valence-electron chi connectivity index (χ1n) is 9.11. The second-order valence-electron chi connectivity index (χ2n) is 6.87. The lowest BCUT2D eigenvalue weighted by molar-refractivity contribution is -0.135. The van der Waals surface area contributed by atoms with Crippen molar-refractivity contribution in [2.45, 2.75) is 12.3 Å². The van der Waals surface area contributed by atoms with Crippen LogP contribution in [-0.4, -0.2) is 16.1 Å². The van der Waals surface area contributed by atoms with E-state index in [1.54, 1.807) is 24.5 Å². The topological polar surface area (TPSA) is 89.6 Å². The highest BCUT2D eigenvalue weighted by atomic mass is 16.5. The van der Waals surface area contributed by atoms with Crippen molar-refractivity contribution in [3.05, 3.63) is 88.5 Å². The molecule has 0 amide bonds. The molecule has 0 bridgehead atoms.